The molecular formula is C17H27N3. The van der Waals surface area contributed by atoms with Crippen LogP contribution in [0.5, 0.6) is 0 Å². The zero-order valence-electron chi connectivity index (χ0n) is 12.9. The third kappa shape index (κ3) is 1.82. The van der Waals surface area contributed by atoms with Crippen molar-refractivity contribution in [2.24, 2.45) is 23.2 Å². The monoisotopic (exact) mass is 273 g/mol. The molecule has 3 nitrogen and oxygen atoms in total. The Morgan fingerprint density at radius 1 is 1.15 bits per heavy atom. The second-order valence-corrected chi connectivity index (χ2v) is 7.83. The molecule has 2 N–H and O–H groups in total. The molecular weight excluding hydrogens is 246 g/mol. The number of nitrogen functional groups attached to an aromatic ring is 1. The van der Waals surface area contributed by atoms with Crippen LogP contribution in [0.4, 0.5) is 5.82 Å². The van der Waals surface area contributed by atoms with E-state index in [-0.39, 0.29) is 0 Å². The number of aromatic nitrogens is 2. The van der Waals surface area contributed by atoms with Crippen molar-refractivity contribution in [1.29, 1.82) is 0 Å². The van der Waals surface area contributed by atoms with Gasteiger partial charge in [-0.1, -0.05) is 0 Å². The Bertz CT molecular complexity index is 493. The number of nitrogens with zero attached hydrogens (tertiary/aromatic N) is 2. The van der Waals surface area contributed by atoms with E-state index in [9.17, 15) is 0 Å². The number of nitrogens with two attached hydrogens (primary N) is 1. The first-order chi connectivity index (χ1) is 9.58. The van der Waals surface area contributed by atoms with E-state index < -0.39 is 0 Å². The van der Waals surface area contributed by atoms with Crippen molar-refractivity contribution >= 4 is 5.82 Å². The topological polar surface area (TPSA) is 43.8 Å². The molecule has 0 aromatic carbocycles. The van der Waals surface area contributed by atoms with Gasteiger partial charge in [-0.15, -0.1) is 0 Å². The summed E-state index contributed by atoms with van der Waals surface area (Å²) in [6.45, 7) is 5.17. The fourth-order valence-electron chi connectivity index (χ4n) is 6.03. The van der Waals surface area contributed by atoms with Crippen LogP contribution in [0.25, 0.3) is 0 Å². The molecule has 1 aromatic heterocycles. The molecule has 4 aliphatic rings. The van der Waals surface area contributed by atoms with Crippen LogP contribution >= 0.6 is 0 Å². The van der Waals surface area contributed by atoms with Crippen LogP contribution in [0.3, 0.4) is 0 Å². The minimum atomic E-state index is 0.544. The number of aryl methyl sites for hydroxylation is 1. The molecule has 0 amide bonds. The molecule has 110 valence electrons. The van der Waals surface area contributed by atoms with E-state index in [1.54, 1.807) is 0 Å². The maximum Gasteiger partial charge on any atom is 0.126 e. The summed E-state index contributed by atoms with van der Waals surface area (Å²) in [6, 6.07) is 0. The molecule has 3 heteroatoms. The SMILES string of the molecule is CCn1c(C)nc(CC23CC4CC(CC(C4)C2)C3)c1N. The quantitative estimate of drug-likeness (QED) is 0.915. The summed E-state index contributed by atoms with van der Waals surface area (Å²) in [5.74, 6) is 5.05. The molecule has 0 saturated heterocycles. The van der Waals surface area contributed by atoms with Crippen LogP contribution in [0.1, 0.15) is 57.0 Å². The molecule has 4 bridgehead atoms. The minimum absolute atomic E-state index is 0.544. The van der Waals surface area contributed by atoms with E-state index in [4.69, 9.17) is 10.7 Å². The summed E-state index contributed by atoms with van der Waals surface area (Å²) in [5, 5.41) is 0. The molecule has 5 rings (SSSR count). The number of hydrogen-bond donors (Lipinski definition) is 1. The van der Waals surface area contributed by atoms with Gasteiger partial charge in [0.25, 0.3) is 0 Å². The lowest BCUT2D eigenvalue weighted by Crippen LogP contribution is -2.47. The van der Waals surface area contributed by atoms with Crippen molar-refractivity contribution in [3.05, 3.63) is 11.5 Å². The fourth-order valence-corrected chi connectivity index (χ4v) is 6.03. The van der Waals surface area contributed by atoms with Crippen LogP contribution in [-0.2, 0) is 13.0 Å². The lowest BCUT2D eigenvalue weighted by Gasteiger charge is -2.57. The Morgan fingerprint density at radius 2 is 1.70 bits per heavy atom. The van der Waals surface area contributed by atoms with E-state index >= 15 is 0 Å². The van der Waals surface area contributed by atoms with Gasteiger partial charge in [-0.05, 0) is 82.0 Å². The van der Waals surface area contributed by atoms with E-state index in [1.165, 1.54) is 44.2 Å². The molecule has 0 atom stereocenters. The normalized spacial score (nSPS) is 38.6. The van der Waals surface area contributed by atoms with E-state index in [0.717, 1.165) is 42.4 Å². The third-order valence-corrected chi connectivity index (χ3v) is 6.30. The van der Waals surface area contributed by atoms with Crippen molar-refractivity contribution in [2.75, 3.05) is 5.73 Å². The Morgan fingerprint density at radius 3 is 2.15 bits per heavy atom. The predicted octanol–water partition coefficient (Wildman–Crippen LogP) is 3.55. The van der Waals surface area contributed by atoms with Gasteiger partial charge in [0.2, 0.25) is 0 Å². The maximum atomic E-state index is 6.34. The number of anilines is 1. The van der Waals surface area contributed by atoms with Crippen molar-refractivity contribution in [3.8, 4) is 0 Å². The Kier molecular flexibility index (Phi) is 2.71. The summed E-state index contributed by atoms with van der Waals surface area (Å²) in [4.78, 5) is 4.80. The second kappa shape index (κ2) is 4.25. The predicted molar refractivity (Wildman–Crippen MR) is 81.4 cm³/mol. The number of hydrogen-bond acceptors (Lipinski definition) is 2. The zero-order chi connectivity index (χ0) is 13.9. The smallest absolute Gasteiger partial charge is 0.126 e. The highest BCUT2D eigenvalue weighted by atomic mass is 15.1. The van der Waals surface area contributed by atoms with Crippen LogP contribution in [0.2, 0.25) is 0 Å². The van der Waals surface area contributed by atoms with Gasteiger partial charge in [-0.2, -0.15) is 0 Å². The highest BCUT2D eigenvalue weighted by Crippen LogP contribution is 2.61. The fraction of sp³-hybridized carbons (Fsp3) is 0.824. The second-order valence-electron chi connectivity index (χ2n) is 7.83. The van der Waals surface area contributed by atoms with Gasteiger partial charge in [0, 0.05) is 6.54 Å². The summed E-state index contributed by atoms with van der Waals surface area (Å²) in [5.41, 5.74) is 8.07. The van der Waals surface area contributed by atoms with E-state index in [2.05, 4.69) is 18.4 Å². The van der Waals surface area contributed by atoms with Crippen LogP contribution in [0, 0.1) is 30.1 Å². The van der Waals surface area contributed by atoms with Crippen molar-refractivity contribution in [2.45, 2.75) is 65.3 Å². The lowest BCUT2D eigenvalue weighted by atomic mass is 9.48. The number of rotatable bonds is 3. The number of imidazole rings is 1. The van der Waals surface area contributed by atoms with Gasteiger partial charge in [-0.3, -0.25) is 0 Å². The van der Waals surface area contributed by atoms with Crippen LogP contribution in [0.15, 0.2) is 0 Å². The van der Waals surface area contributed by atoms with Gasteiger partial charge in [0.15, 0.2) is 0 Å². The minimum Gasteiger partial charge on any atom is -0.384 e. The Balaban J connectivity index is 1.63. The molecule has 1 aromatic rings. The first kappa shape index (κ1) is 12.7. The third-order valence-electron chi connectivity index (χ3n) is 6.30. The summed E-state index contributed by atoms with van der Waals surface area (Å²) in [7, 11) is 0. The molecule has 4 aliphatic carbocycles. The van der Waals surface area contributed by atoms with Gasteiger partial charge < -0.3 is 10.3 Å². The average molecular weight is 273 g/mol. The summed E-state index contributed by atoms with van der Waals surface area (Å²) >= 11 is 0. The largest absolute Gasteiger partial charge is 0.384 e. The van der Waals surface area contributed by atoms with Crippen LogP contribution in [-0.4, -0.2) is 9.55 Å². The van der Waals surface area contributed by atoms with Gasteiger partial charge in [0.1, 0.15) is 11.6 Å². The standard InChI is InChI=1S/C17H27N3/c1-3-20-11(2)19-15(16(20)18)10-17-7-12-4-13(8-17)6-14(5-12)9-17/h12-14H,3-10,18H2,1-2H3. The zero-order valence-corrected chi connectivity index (χ0v) is 12.9. The summed E-state index contributed by atoms with van der Waals surface area (Å²) in [6.07, 6.45) is 9.99. The molecule has 4 fully saturated rings. The van der Waals surface area contributed by atoms with Crippen molar-refractivity contribution < 1.29 is 0 Å². The van der Waals surface area contributed by atoms with Crippen molar-refractivity contribution in [1.82, 2.24) is 9.55 Å². The van der Waals surface area contributed by atoms with Crippen LogP contribution < -0.4 is 5.73 Å². The van der Waals surface area contributed by atoms with E-state index in [0.29, 0.717) is 5.41 Å². The first-order valence-corrected chi connectivity index (χ1v) is 8.40. The lowest BCUT2D eigenvalue weighted by molar-refractivity contribution is -0.0525. The van der Waals surface area contributed by atoms with Gasteiger partial charge in [0.05, 0.1) is 5.69 Å². The molecule has 0 aliphatic heterocycles. The molecule has 20 heavy (non-hydrogen) atoms. The molecule has 0 unspecified atom stereocenters. The van der Waals surface area contributed by atoms with Crippen molar-refractivity contribution in [3.63, 3.8) is 0 Å². The molecule has 1 heterocycles. The molecule has 0 radical (unpaired) electrons. The first-order valence-electron chi connectivity index (χ1n) is 8.40. The highest BCUT2D eigenvalue weighted by molar-refractivity contribution is 5.39. The average Bonchev–Trinajstić information content (AvgIpc) is 2.61. The summed E-state index contributed by atoms with van der Waals surface area (Å²) < 4.78 is 2.16. The van der Waals surface area contributed by atoms with E-state index in [1.807, 2.05) is 0 Å². The van der Waals surface area contributed by atoms with Gasteiger partial charge in [-0.25, -0.2) is 4.98 Å². The highest BCUT2D eigenvalue weighted by Gasteiger charge is 2.51. The van der Waals surface area contributed by atoms with Gasteiger partial charge >= 0.3 is 0 Å². The Labute approximate surface area is 122 Å². The molecule has 0 spiro atoms. The Hall–Kier alpha value is -0.990. The molecule has 4 saturated carbocycles. The maximum absolute atomic E-state index is 6.34.